The Morgan fingerprint density at radius 1 is 1.23 bits per heavy atom. The summed E-state index contributed by atoms with van der Waals surface area (Å²) in [5, 5.41) is 11.6. The lowest BCUT2D eigenvalue weighted by atomic mass is 9.93. The minimum atomic E-state index is -0.423. The second kappa shape index (κ2) is 7.42. The normalized spacial score (nSPS) is 13.9. The average Bonchev–Trinajstić information content (AvgIpc) is 3.37. The number of hydrogen-bond donors (Lipinski definition) is 2. The van der Waals surface area contributed by atoms with Crippen molar-refractivity contribution < 1.29 is 14.3 Å². The van der Waals surface area contributed by atoms with Gasteiger partial charge in [0.05, 0.1) is 30.1 Å². The van der Waals surface area contributed by atoms with Gasteiger partial charge in [0, 0.05) is 30.7 Å². The topological polar surface area (TPSA) is 103 Å². The first-order valence-corrected chi connectivity index (χ1v) is 10.2. The number of aromatic nitrogens is 4. The molecule has 0 radical (unpaired) electrons. The Bertz CT molecular complexity index is 1320. The van der Waals surface area contributed by atoms with Crippen molar-refractivity contribution in [2.45, 2.75) is 25.3 Å². The zero-order chi connectivity index (χ0) is 21.5. The molecule has 158 valence electrons. The number of nitrogens with zero attached hydrogens (tertiary/aromatic N) is 4. The number of amides is 1. The summed E-state index contributed by atoms with van der Waals surface area (Å²) >= 11 is 0. The number of nitrogens with one attached hydrogen (secondary N) is 2. The standard InChI is InChI=1S/C22H22N6O3/c1-23-16-10-19(27-12-15(22(30)31-2)14-8-3-4-9-17(14)27)26-28-18(11-24-20(16)28)21(29)25-13-6-5-7-13/h3-4,8-13,23H,5-7H2,1-2H3,(H,25,29). The average molecular weight is 418 g/mol. The molecule has 0 atom stereocenters. The number of para-hydroxylation sites is 1. The molecular formula is C22H22N6O3. The highest BCUT2D eigenvalue weighted by Crippen LogP contribution is 2.27. The molecule has 0 aliphatic heterocycles. The van der Waals surface area contributed by atoms with E-state index in [2.05, 4.69) is 15.6 Å². The maximum absolute atomic E-state index is 12.8. The highest BCUT2D eigenvalue weighted by Gasteiger charge is 2.24. The number of anilines is 1. The van der Waals surface area contributed by atoms with E-state index in [-0.39, 0.29) is 11.9 Å². The molecule has 1 aromatic carbocycles. The Kier molecular flexibility index (Phi) is 4.58. The van der Waals surface area contributed by atoms with E-state index in [1.54, 1.807) is 17.8 Å². The molecule has 5 rings (SSSR count). The lowest BCUT2D eigenvalue weighted by Crippen LogP contribution is -2.40. The van der Waals surface area contributed by atoms with Crippen LogP contribution in [0, 0.1) is 0 Å². The van der Waals surface area contributed by atoms with Crippen LogP contribution < -0.4 is 10.6 Å². The first-order chi connectivity index (χ1) is 15.1. The van der Waals surface area contributed by atoms with Crippen LogP contribution in [0.5, 0.6) is 0 Å². The van der Waals surface area contributed by atoms with Crippen LogP contribution in [0.2, 0.25) is 0 Å². The van der Waals surface area contributed by atoms with Gasteiger partial charge in [0.25, 0.3) is 5.91 Å². The van der Waals surface area contributed by atoms with Crippen molar-refractivity contribution in [2.75, 3.05) is 19.5 Å². The van der Waals surface area contributed by atoms with Gasteiger partial charge in [-0.3, -0.25) is 9.36 Å². The zero-order valence-electron chi connectivity index (χ0n) is 17.3. The van der Waals surface area contributed by atoms with Gasteiger partial charge in [-0.25, -0.2) is 14.3 Å². The Hall–Kier alpha value is -3.88. The number of rotatable bonds is 5. The SMILES string of the molecule is CNc1cc(-n2cc(C(=O)OC)c3ccccc32)nn2c(C(=O)NC3CCC3)cnc12. The fraction of sp³-hybridized carbons (Fsp3) is 0.273. The summed E-state index contributed by atoms with van der Waals surface area (Å²) < 4.78 is 8.31. The number of benzene rings is 1. The van der Waals surface area contributed by atoms with E-state index in [9.17, 15) is 9.59 Å². The predicted octanol–water partition coefficient (Wildman–Crippen LogP) is 2.78. The quantitative estimate of drug-likeness (QED) is 0.483. The van der Waals surface area contributed by atoms with Crippen LogP contribution in [0.25, 0.3) is 22.4 Å². The van der Waals surface area contributed by atoms with Gasteiger partial charge in [0.1, 0.15) is 0 Å². The maximum Gasteiger partial charge on any atom is 0.340 e. The van der Waals surface area contributed by atoms with Crippen LogP contribution in [0.15, 0.2) is 42.7 Å². The van der Waals surface area contributed by atoms with Crippen molar-refractivity contribution >= 4 is 34.1 Å². The molecule has 4 aromatic rings. The monoisotopic (exact) mass is 418 g/mol. The third kappa shape index (κ3) is 3.09. The van der Waals surface area contributed by atoms with Crippen LogP contribution >= 0.6 is 0 Å². The molecule has 1 saturated carbocycles. The maximum atomic E-state index is 12.8. The Labute approximate surface area is 178 Å². The molecule has 0 saturated heterocycles. The first-order valence-electron chi connectivity index (χ1n) is 10.2. The number of carbonyl (C=O) groups is 2. The van der Waals surface area contributed by atoms with Crippen molar-refractivity contribution in [1.29, 1.82) is 0 Å². The molecule has 9 nitrogen and oxygen atoms in total. The number of hydrogen-bond acceptors (Lipinski definition) is 6. The van der Waals surface area contributed by atoms with Gasteiger partial charge in [-0.05, 0) is 25.3 Å². The molecule has 1 aliphatic rings. The molecule has 3 aromatic heterocycles. The molecule has 0 unspecified atom stereocenters. The smallest absolute Gasteiger partial charge is 0.340 e. The number of esters is 1. The molecule has 31 heavy (non-hydrogen) atoms. The summed E-state index contributed by atoms with van der Waals surface area (Å²) in [5.74, 6) is -0.0801. The molecule has 9 heteroatoms. The molecule has 0 bridgehead atoms. The van der Waals surface area contributed by atoms with Crippen molar-refractivity contribution in [2.24, 2.45) is 0 Å². The van der Waals surface area contributed by atoms with E-state index in [4.69, 9.17) is 9.84 Å². The molecule has 1 amide bonds. The largest absolute Gasteiger partial charge is 0.465 e. The zero-order valence-corrected chi connectivity index (χ0v) is 17.3. The lowest BCUT2D eigenvalue weighted by Gasteiger charge is -2.26. The van der Waals surface area contributed by atoms with E-state index in [0.717, 1.165) is 30.2 Å². The van der Waals surface area contributed by atoms with E-state index in [1.807, 2.05) is 34.9 Å². The Morgan fingerprint density at radius 2 is 2.03 bits per heavy atom. The van der Waals surface area contributed by atoms with E-state index in [0.29, 0.717) is 28.4 Å². The van der Waals surface area contributed by atoms with E-state index >= 15 is 0 Å². The predicted molar refractivity (Wildman–Crippen MR) is 116 cm³/mol. The Morgan fingerprint density at radius 3 is 2.74 bits per heavy atom. The summed E-state index contributed by atoms with van der Waals surface area (Å²) in [6.07, 6.45) is 6.36. The summed E-state index contributed by atoms with van der Waals surface area (Å²) in [4.78, 5) is 29.5. The summed E-state index contributed by atoms with van der Waals surface area (Å²) in [7, 11) is 3.14. The van der Waals surface area contributed by atoms with Gasteiger partial charge < -0.3 is 15.4 Å². The first kappa shape index (κ1) is 19.1. The van der Waals surface area contributed by atoms with Crippen LogP contribution in [-0.4, -0.2) is 51.2 Å². The van der Waals surface area contributed by atoms with Gasteiger partial charge in [-0.15, -0.1) is 5.10 Å². The van der Waals surface area contributed by atoms with Gasteiger partial charge >= 0.3 is 5.97 Å². The van der Waals surface area contributed by atoms with Gasteiger partial charge in [0.2, 0.25) is 0 Å². The second-order valence-electron chi connectivity index (χ2n) is 7.57. The van der Waals surface area contributed by atoms with Crippen LogP contribution in [-0.2, 0) is 4.74 Å². The third-order valence-corrected chi connectivity index (χ3v) is 5.76. The number of ether oxygens (including phenoxy) is 1. The fourth-order valence-corrected chi connectivity index (χ4v) is 3.87. The Balaban J connectivity index is 1.68. The number of imidazole rings is 1. The van der Waals surface area contributed by atoms with Crippen LogP contribution in [0.4, 0.5) is 5.69 Å². The third-order valence-electron chi connectivity index (χ3n) is 5.76. The molecule has 2 N–H and O–H groups in total. The van der Waals surface area contributed by atoms with Crippen molar-refractivity contribution in [1.82, 2.24) is 24.5 Å². The van der Waals surface area contributed by atoms with Gasteiger partial charge in [0.15, 0.2) is 17.2 Å². The van der Waals surface area contributed by atoms with Gasteiger partial charge in [-0.1, -0.05) is 18.2 Å². The highest BCUT2D eigenvalue weighted by atomic mass is 16.5. The molecule has 3 heterocycles. The highest BCUT2D eigenvalue weighted by molar-refractivity contribution is 6.04. The molecular weight excluding hydrogens is 396 g/mol. The fourth-order valence-electron chi connectivity index (χ4n) is 3.87. The van der Waals surface area contributed by atoms with E-state index < -0.39 is 5.97 Å². The van der Waals surface area contributed by atoms with Crippen molar-refractivity contribution in [3.05, 3.63) is 54.0 Å². The summed E-state index contributed by atoms with van der Waals surface area (Å²) in [6, 6.07) is 9.58. The summed E-state index contributed by atoms with van der Waals surface area (Å²) in [5.41, 5.74) is 2.88. The lowest BCUT2D eigenvalue weighted by molar-refractivity contribution is 0.0602. The molecule has 1 aliphatic carbocycles. The number of fused-ring (bicyclic) bond motifs is 2. The molecule has 1 fully saturated rings. The van der Waals surface area contributed by atoms with Crippen LogP contribution in [0.1, 0.15) is 40.1 Å². The second-order valence-corrected chi connectivity index (χ2v) is 7.57. The number of carbonyl (C=O) groups excluding carboxylic acids is 2. The summed E-state index contributed by atoms with van der Waals surface area (Å²) in [6.45, 7) is 0. The van der Waals surface area contributed by atoms with Crippen LogP contribution in [0.3, 0.4) is 0 Å². The minimum Gasteiger partial charge on any atom is -0.465 e. The minimum absolute atomic E-state index is 0.198. The van der Waals surface area contributed by atoms with E-state index in [1.165, 1.54) is 13.3 Å². The van der Waals surface area contributed by atoms with Crippen molar-refractivity contribution in [3.63, 3.8) is 0 Å². The van der Waals surface area contributed by atoms with Crippen molar-refractivity contribution in [3.8, 4) is 5.82 Å². The van der Waals surface area contributed by atoms with Gasteiger partial charge in [-0.2, -0.15) is 0 Å². The molecule has 0 spiro atoms. The number of methoxy groups -OCH3 is 1.